The van der Waals surface area contributed by atoms with Crippen LogP contribution in [0.5, 0.6) is 0 Å². The second kappa shape index (κ2) is 19.9. The molecule has 0 bridgehead atoms. The predicted octanol–water partition coefficient (Wildman–Crippen LogP) is 6.50. The van der Waals surface area contributed by atoms with Crippen LogP contribution >= 0.6 is 12.0 Å². The Morgan fingerprint density at radius 1 is 1.02 bits per heavy atom. The van der Waals surface area contributed by atoms with Crippen LogP contribution in [0.1, 0.15) is 84.3 Å². The quantitative estimate of drug-likeness (QED) is 0.0268. The molecule has 1 aliphatic heterocycles. The molecule has 1 atom stereocenters. The van der Waals surface area contributed by atoms with Gasteiger partial charge < -0.3 is 15.1 Å². The van der Waals surface area contributed by atoms with Crippen molar-refractivity contribution in [2.45, 2.75) is 106 Å². The molecule has 1 saturated carbocycles. The highest BCUT2D eigenvalue weighted by atomic mass is 32.2. The van der Waals surface area contributed by atoms with Gasteiger partial charge in [-0.05, 0) is 67.3 Å². The Morgan fingerprint density at radius 2 is 1.76 bits per heavy atom. The van der Waals surface area contributed by atoms with Gasteiger partial charge in [-0.25, -0.2) is 4.89 Å². The maximum absolute atomic E-state index is 12.5. The van der Waals surface area contributed by atoms with E-state index < -0.39 is 27.5 Å². The molecular weight excluding hydrogens is 747 g/mol. The van der Waals surface area contributed by atoms with Crippen LogP contribution in [0.4, 0.5) is 5.69 Å². The van der Waals surface area contributed by atoms with Gasteiger partial charge >= 0.3 is 5.97 Å². The van der Waals surface area contributed by atoms with Crippen LogP contribution in [-0.2, 0) is 58.6 Å². The minimum atomic E-state index is -3.89. The summed E-state index contributed by atoms with van der Waals surface area (Å²) in [5, 5.41) is 8.12. The van der Waals surface area contributed by atoms with Gasteiger partial charge in [-0.2, -0.15) is 8.42 Å². The number of likely N-dealkylation sites (N-methyl/N-ethyl adjacent to an activating group) is 1. The highest BCUT2D eigenvalue weighted by Crippen LogP contribution is 2.47. The SMILES string of the molecule is CCN1c2ccc(SOOOC)cc2C(C)(C)C1/C=C/C=C/C=C(/NCCCCCC(=O)ONC1C(=O)CCC1=O)C(C)(C)c1cccc(S(=O)(=O)OC)c1. The molecule has 1 heterocycles. The Kier molecular flexibility index (Phi) is 15.8. The van der Waals surface area contributed by atoms with E-state index in [9.17, 15) is 22.8 Å². The summed E-state index contributed by atoms with van der Waals surface area (Å²) in [6.45, 7) is 12.1. The Balaban J connectivity index is 1.44. The maximum Gasteiger partial charge on any atom is 0.324 e. The van der Waals surface area contributed by atoms with Gasteiger partial charge in [-0.15, -0.1) is 9.81 Å². The molecule has 0 saturated heterocycles. The monoisotopic (exact) mass is 799 g/mol. The van der Waals surface area contributed by atoms with Crippen LogP contribution in [0.2, 0.25) is 0 Å². The highest BCUT2D eigenvalue weighted by molar-refractivity contribution is 7.94. The number of carbonyl (C=O) groups is 3. The van der Waals surface area contributed by atoms with Crippen molar-refractivity contribution < 1.29 is 46.1 Å². The molecule has 300 valence electrons. The first-order chi connectivity index (χ1) is 26.2. The van der Waals surface area contributed by atoms with Gasteiger partial charge in [0, 0.05) is 59.5 Å². The average Bonchev–Trinajstić information content (AvgIpc) is 3.60. The lowest BCUT2D eigenvalue weighted by Gasteiger charge is -2.31. The van der Waals surface area contributed by atoms with Gasteiger partial charge in [0.1, 0.15) is 0 Å². The molecule has 1 unspecified atom stereocenters. The Morgan fingerprint density at radius 3 is 2.45 bits per heavy atom. The lowest BCUT2D eigenvalue weighted by atomic mass is 9.80. The van der Waals surface area contributed by atoms with Gasteiger partial charge in [0.05, 0.1) is 37.2 Å². The molecule has 2 aromatic rings. The third-order valence-corrected chi connectivity index (χ3v) is 11.9. The zero-order valence-electron chi connectivity index (χ0n) is 32.6. The number of ketones is 2. The van der Waals surface area contributed by atoms with E-state index in [1.807, 2.05) is 50.3 Å². The zero-order chi connectivity index (χ0) is 40.2. The number of fused-ring (bicyclic) bond motifs is 1. The summed E-state index contributed by atoms with van der Waals surface area (Å²) in [5.41, 5.74) is 5.52. The molecular formula is C40H53N3O10S2. The highest BCUT2D eigenvalue weighted by Gasteiger charge is 2.42. The molecule has 0 spiro atoms. The van der Waals surface area contributed by atoms with Crippen molar-refractivity contribution in [2.24, 2.45) is 0 Å². The summed E-state index contributed by atoms with van der Waals surface area (Å²) in [7, 11) is -1.37. The lowest BCUT2D eigenvalue weighted by Crippen LogP contribution is -2.39. The first kappa shape index (κ1) is 43.9. The smallest absolute Gasteiger partial charge is 0.324 e. The molecule has 2 N–H and O–H groups in total. The molecule has 2 aromatic carbocycles. The van der Waals surface area contributed by atoms with Crippen molar-refractivity contribution in [2.75, 3.05) is 32.2 Å². The number of allylic oxidation sites excluding steroid dienone is 5. The van der Waals surface area contributed by atoms with Crippen molar-refractivity contribution in [3.63, 3.8) is 0 Å². The number of unbranched alkanes of at least 4 members (excludes halogenated alkanes) is 2. The number of rotatable bonds is 21. The molecule has 55 heavy (non-hydrogen) atoms. The van der Waals surface area contributed by atoms with Crippen molar-refractivity contribution >= 4 is 45.4 Å². The summed E-state index contributed by atoms with van der Waals surface area (Å²) in [4.78, 5) is 48.6. The third kappa shape index (κ3) is 11.2. The van der Waals surface area contributed by atoms with Crippen LogP contribution in [0.15, 0.2) is 88.3 Å². The van der Waals surface area contributed by atoms with Gasteiger partial charge in [0.25, 0.3) is 10.1 Å². The van der Waals surface area contributed by atoms with Crippen molar-refractivity contribution in [1.82, 2.24) is 10.8 Å². The summed E-state index contributed by atoms with van der Waals surface area (Å²) < 4.78 is 34.9. The number of carbonyl (C=O) groups excluding carboxylic acids is 3. The summed E-state index contributed by atoms with van der Waals surface area (Å²) in [5.74, 6) is -1.06. The minimum absolute atomic E-state index is 0.0728. The fourth-order valence-corrected chi connectivity index (χ4v) is 7.97. The zero-order valence-corrected chi connectivity index (χ0v) is 34.2. The molecule has 4 rings (SSSR count). The van der Waals surface area contributed by atoms with E-state index in [1.54, 1.807) is 12.1 Å². The molecule has 1 fully saturated rings. The van der Waals surface area contributed by atoms with E-state index in [-0.39, 0.29) is 47.2 Å². The molecule has 13 nitrogen and oxygen atoms in total. The molecule has 0 aromatic heterocycles. The first-order valence-corrected chi connectivity index (χ1v) is 20.5. The number of benzene rings is 2. The van der Waals surface area contributed by atoms with Gasteiger partial charge in [-0.1, -0.05) is 75.6 Å². The first-order valence-electron chi connectivity index (χ1n) is 18.3. The lowest BCUT2D eigenvalue weighted by molar-refractivity contribution is -0.447. The number of hydrogen-bond donors (Lipinski definition) is 2. The van der Waals surface area contributed by atoms with E-state index in [2.05, 4.69) is 64.6 Å². The van der Waals surface area contributed by atoms with E-state index in [1.165, 1.54) is 24.4 Å². The minimum Gasteiger partial charge on any atom is -0.388 e. The normalized spacial score (nSPS) is 17.8. The van der Waals surface area contributed by atoms with Crippen LogP contribution in [0, 0.1) is 0 Å². The molecule has 2 aliphatic rings. The van der Waals surface area contributed by atoms with E-state index in [4.69, 9.17) is 13.4 Å². The van der Waals surface area contributed by atoms with Crippen LogP contribution in [-0.4, -0.2) is 65.3 Å². The third-order valence-electron chi connectivity index (χ3n) is 10.1. The average molecular weight is 800 g/mol. The number of anilines is 1. The summed E-state index contributed by atoms with van der Waals surface area (Å²) in [6.07, 6.45) is 12.7. The molecule has 15 heteroatoms. The Hall–Kier alpha value is -3.83. The number of hydroxylamine groups is 1. The molecule has 0 radical (unpaired) electrons. The van der Waals surface area contributed by atoms with Gasteiger partial charge in [0.15, 0.2) is 17.6 Å². The predicted molar refractivity (Wildman–Crippen MR) is 210 cm³/mol. The van der Waals surface area contributed by atoms with Crippen LogP contribution in [0.25, 0.3) is 0 Å². The fourth-order valence-electron chi connectivity index (χ4n) is 6.81. The van der Waals surface area contributed by atoms with Crippen LogP contribution in [0.3, 0.4) is 0 Å². The van der Waals surface area contributed by atoms with E-state index in [0.717, 1.165) is 54.7 Å². The fraction of sp³-hybridized carbons (Fsp3) is 0.475. The Bertz CT molecular complexity index is 1860. The molecule has 0 amide bonds. The maximum atomic E-state index is 12.5. The van der Waals surface area contributed by atoms with Gasteiger partial charge in [0.2, 0.25) is 0 Å². The number of hydrogen-bond acceptors (Lipinski definition) is 14. The van der Waals surface area contributed by atoms with Gasteiger partial charge in [-0.3, -0.25) is 18.6 Å². The van der Waals surface area contributed by atoms with Crippen molar-refractivity contribution in [1.29, 1.82) is 0 Å². The number of nitrogens with zero attached hydrogens (tertiary/aromatic N) is 1. The van der Waals surface area contributed by atoms with E-state index >= 15 is 0 Å². The number of Topliss-reactive ketones (excluding diaryl/α,β-unsaturated/α-hetero) is 2. The van der Waals surface area contributed by atoms with Crippen molar-refractivity contribution in [3.05, 3.63) is 89.7 Å². The second-order valence-electron chi connectivity index (χ2n) is 14.3. The largest absolute Gasteiger partial charge is 0.388 e. The summed E-state index contributed by atoms with van der Waals surface area (Å²) >= 11 is 1.09. The summed E-state index contributed by atoms with van der Waals surface area (Å²) in [6, 6.07) is 12.0. The molecule has 1 aliphatic carbocycles. The number of nitrogens with one attached hydrogen (secondary N) is 2. The topological polar surface area (TPSA) is 159 Å². The standard InChI is InChI=1S/C40H53N3O10S2/c1-8-43-32-22-21-29(54-53-52-49-6)27-31(32)40(4,5)36(43)19-12-9-11-18-35(39(2,3)28-16-15-17-30(26-28)55(47,48)50-7)41-25-14-10-13-20-37(46)51-42-38-33(44)23-24-34(38)45/h9,11-12,15-19,21-22,26-27,36,38,41-42H,8,10,13-14,20,23-25H2,1-7H3/b11-9+,19-12+,35-18+. The van der Waals surface area contributed by atoms with Crippen molar-refractivity contribution in [3.8, 4) is 0 Å². The Labute approximate surface area is 329 Å². The second-order valence-corrected chi connectivity index (χ2v) is 16.8. The van der Waals surface area contributed by atoms with Crippen LogP contribution < -0.4 is 15.7 Å². The van der Waals surface area contributed by atoms with E-state index in [0.29, 0.717) is 13.0 Å².